The molecule has 0 saturated heterocycles. The average molecular weight is 250 g/mol. The van der Waals surface area contributed by atoms with Gasteiger partial charge in [0.1, 0.15) is 0 Å². The topological polar surface area (TPSA) is 64.4 Å². The third-order valence-electron chi connectivity index (χ3n) is 3.27. The fraction of sp³-hybridized carbons (Fsp3) is 0.538. The molecular formula is C13H18N2O3. The van der Waals surface area contributed by atoms with Crippen LogP contribution in [-0.4, -0.2) is 23.7 Å². The van der Waals surface area contributed by atoms with E-state index in [1.165, 1.54) is 0 Å². The third-order valence-corrected chi connectivity index (χ3v) is 3.27. The van der Waals surface area contributed by atoms with Crippen molar-refractivity contribution in [3.05, 3.63) is 33.9 Å². The Hall–Kier alpha value is -1.62. The van der Waals surface area contributed by atoms with E-state index in [4.69, 9.17) is 4.74 Å². The van der Waals surface area contributed by atoms with Gasteiger partial charge in [0.2, 0.25) is 0 Å². The number of hydrogen-bond donors (Lipinski definition) is 1. The number of aryl methyl sites for hydroxylation is 1. The second-order valence-electron chi connectivity index (χ2n) is 4.65. The van der Waals surface area contributed by atoms with E-state index in [-0.39, 0.29) is 10.6 Å². The summed E-state index contributed by atoms with van der Waals surface area (Å²) in [5.41, 5.74) is 1.67. The fourth-order valence-electron chi connectivity index (χ4n) is 2.19. The van der Waals surface area contributed by atoms with Crippen LogP contribution in [0.3, 0.4) is 0 Å². The predicted octanol–water partition coefficient (Wildman–Crippen LogP) is 2.88. The number of anilines is 1. The van der Waals surface area contributed by atoms with Gasteiger partial charge >= 0.3 is 0 Å². The molecule has 0 radical (unpaired) electrons. The summed E-state index contributed by atoms with van der Waals surface area (Å²) < 4.78 is 5.48. The van der Waals surface area contributed by atoms with Gasteiger partial charge < -0.3 is 10.1 Å². The highest BCUT2D eigenvalue weighted by Crippen LogP contribution is 2.29. The molecule has 0 aliphatic heterocycles. The lowest BCUT2D eigenvalue weighted by Gasteiger charge is -2.36. The quantitative estimate of drug-likeness (QED) is 0.644. The zero-order valence-electron chi connectivity index (χ0n) is 10.7. The second kappa shape index (κ2) is 5.35. The molecule has 1 aliphatic carbocycles. The Morgan fingerprint density at radius 1 is 1.50 bits per heavy atom. The van der Waals surface area contributed by atoms with Gasteiger partial charge in [0, 0.05) is 30.0 Å². The summed E-state index contributed by atoms with van der Waals surface area (Å²) in [4.78, 5) is 10.5. The molecule has 1 N–H and O–H groups in total. The molecule has 18 heavy (non-hydrogen) atoms. The molecule has 2 rings (SSSR count). The predicted molar refractivity (Wildman–Crippen MR) is 69.9 cm³/mol. The Morgan fingerprint density at radius 2 is 2.22 bits per heavy atom. The van der Waals surface area contributed by atoms with Gasteiger partial charge in [-0.2, -0.15) is 0 Å². The highest BCUT2D eigenvalue weighted by molar-refractivity contribution is 5.55. The number of nitro benzene ring substituents is 1. The van der Waals surface area contributed by atoms with E-state index in [2.05, 4.69) is 5.32 Å². The highest BCUT2D eigenvalue weighted by atomic mass is 16.6. The van der Waals surface area contributed by atoms with Crippen molar-refractivity contribution in [3.63, 3.8) is 0 Å². The first kappa shape index (κ1) is 12.8. The minimum Gasteiger partial charge on any atom is -0.382 e. The van der Waals surface area contributed by atoms with Crippen LogP contribution in [0.25, 0.3) is 0 Å². The van der Waals surface area contributed by atoms with Crippen molar-refractivity contribution in [2.45, 2.75) is 38.8 Å². The third kappa shape index (κ3) is 2.79. The minimum atomic E-state index is -0.343. The van der Waals surface area contributed by atoms with Crippen LogP contribution in [0.2, 0.25) is 0 Å². The molecule has 0 unspecified atom stereocenters. The maximum atomic E-state index is 10.8. The monoisotopic (exact) mass is 250 g/mol. The van der Waals surface area contributed by atoms with Gasteiger partial charge in [-0.1, -0.05) is 6.07 Å². The van der Waals surface area contributed by atoms with E-state index < -0.39 is 0 Å². The fourth-order valence-corrected chi connectivity index (χ4v) is 2.19. The van der Waals surface area contributed by atoms with Gasteiger partial charge in [-0.25, -0.2) is 0 Å². The number of rotatable bonds is 5. The molecule has 1 aromatic carbocycles. The van der Waals surface area contributed by atoms with E-state index in [9.17, 15) is 10.1 Å². The summed E-state index contributed by atoms with van der Waals surface area (Å²) in [5.74, 6) is 0. The molecule has 5 heteroatoms. The number of nitro groups is 1. The number of benzene rings is 1. The summed E-state index contributed by atoms with van der Waals surface area (Å²) >= 11 is 0. The number of nitrogens with one attached hydrogen (secondary N) is 1. The summed E-state index contributed by atoms with van der Waals surface area (Å²) in [6.07, 6.45) is 2.28. The lowest BCUT2D eigenvalue weighted by atomic mass is 9.89. The Labute approximate surface area is 106 Å². The maximum Gasteiger partial charge on any atom is 0.274 e. The number of nitrogens with zero attached hydrogens (tertiary/aromatic N) is 1. The van der Waals surface area contributed by atoms with Crippen molar-refractivity contribution in [3.8, 4) is 0 Å². The van der Waals surface area contributed by atoms with Crippen LogP contribution in [0, 0.1) is 17.0 Å². The molecule has 0 bridgehead atoms. The van der Waals surface area contributed by atoms with Crippen LogP contribution in [0.1, 0.15) is 25.3 Å². The average Bonchev–Trinajstić information content (AvgIpc) is 2.28. The SMILES string of the molecule is CCOC1CC(Nc2ccc(C)c([N+](=O)[O-])c2)C1. The molecule has 1 fully saturated rings. The van der Waals surface area contributed by atoms with E-state index in [0.717, 1.165) is 25.1 Å². The first-order chi connectivity index (χ1) is 8.60. The van der Waals surface area contributed by atoms with Crippen LogP contribution in [-0.2, 0) is 4.74 Å². The van der Waals surface area contributed by atoms with Gasteiger partial charge in [-0.3, -0.25) is 10.1 Å². The smallest absolute Gasteiger partial charge is 0.274 e. The molecule has 1 aromatic rings. The summed E-state index contributed by atoms with van der Waals surface area (Å²) in [5, 5.41) is 14.1. The molecule has 0 amide bonds. The zero-order valence-corrected chi connectivity index (χ0v) is 10.7. The van der Waals surface area contributed by atoms with Gasteiger partial charge in [0.25, 0.3) is 5.69 Å². The van der Waals surface area contributed by atoms with Crippen molar-refractivity contribution < 1.29 is 9.66 Å². The standard InChI is InChI=1S/C13H18N2O3/c1-3-18-12-6-11(7-12)14-10-5-4-9(2)13(8-10)15(16)17/h4-5,8,11-12,14H,3,6-7H2,1-2H3. The molecule has 1 aliphatic rings. The summed E-state index contributed by atoms with van der Waals surface area (Å²) in [6, 6.07) is 5.63. The van der Waals surface area contributed by atoms with Gasteiger partial charge in [0.05, 0.1) is 11.0 Å². The Bertz CT molecular complexity index is 442. The summed E-state index contributed by atoms with van der Waals surface area (Å²) in [6.45, 7) is 4.48. The van der Waals surface area contributed by atoms with E-state index in [1.54, 1.807) is 19.1 Å². The highest BCUT2D eigenvalue weighted by Gasteiger charge is 2.29. The largest absolute Gasteiger partial charge is 0.382 e. The molecule has 98 valence electrons. The molecule has 5 nitrogen and oxygen atoms in total. The van der Waals surface area contributed by atoms with Crippen LogP contribution in [0.15, 0.2) is 18.2 Å². The lowest BCUT2D eigenvalue weighted by Crippen LogP contribution is -2.40. The molecular weight excluding hydrogens is 232 g/mol. The van der Waals surface area contributed by atoms with Crippen LogP contribution < -0.4 is 5.32 Å². The first-order valence-electron chi connectivity index (χ1n) is 6.23. The van der Waals surface area contributed by atoms with E-state index in [1.807, 2.05) is 13.0 Å². The van der Waals surface area contributed by atoms with E-state index >= 15 is 0 Å². The van der Waals surface area contributed by atoms with Gasteiger partial charge in [0.15, 0.2) is 0 Å². The van der Waals surface area contributed by atoms with Crippen molar-refractivity contribution in [1.29, 1.82) is 0 Å². The molecule has 0 aromatic heterocycles. The summed E-state index contributed by atoms with van der Waals surface area (Å²) in [7, 11) is 0. The zero-order chi connectivity index (χ0) is 13.1. The van der Waals surface area contributed by atoms with Crippen molar-refractivity contribution >= 4 is 11.4 Å². The lowest BCUT2D eigenvalue weighted by molar-refractivity contribution is -0.385. The second-order valence-corrected chi connectivity index (χ2v) is 4.65. The molecule has 0 heterocycles. The van der Waals surface area contributed by atoms with Crippen LogP contribution >= 0.6 is 0 Å². The Morgan fingerprint density at radius 3 is 2.83 bits per heavy atom. The first-order valence-corrected chi connectivity index (χ1v) is 6.23. The molecule has 1 saturated carbocycles. The van der Waals surface area contributed by atoms with Crippen molar-refractivity contribution in [1.82, 2.24) is 0 Å². The van der Waals surface area contributed by atoms with Crippen molar-refractivity contribution in [2.75, 3.05) is 11.9 Å². The van der Waals surface area contributed by atoms with Crippen LogP contribution in [0.4, 0.5) is 11.4 Å². The minimum absolute atomic E-state index is 0.167. The van der Waals surface area contributed by atoms with Gasteiger partial charge in [-0.15, -0.1) is 0 Å². The molecule has 0 spiro atoms. The Kier molecular flexibility index (Phi) is 3.81. The van der Waals surface area contributed by atoms with E-state index in [0.29, 0.717) is 17.7 Å². The number of hydrogen-bond acceptors (Lipinski definition) is 4. The van der Waals surface area contributed by atoms with Crippen molar-refractivity contribution in [2.24, 2.45) is 0 Å². The maximum absolute atomic E-state index is 10.8. The normalized spacial score (nSPS) is 22.3. The van der Waals surface area contributed by atoms with Crippen LogP contribution in [0.5, 0.6) is 0 Å². The Balaban J connectivity index is 1.95. The number of ether oxygens (including phenoxy) is 1. The molecule has 0 atom stereocenters. The van der Waals surface area contributed by atoms with Gasteiger partial charge in [-0.05, 0) is 32.8 Å².